The first-order chi connectivity index (χ1) is 9.15. The molecule has 1 amide bonds. The lowest BCUT2D eigenvalue weighted by molar-refractivity contribution is -0.137. The van der Waals surface area contributed by atoms with Crippen LogP contribution >= 0.6 is 0 Å². The fourth-order valence-electron chi connectivity index (χ4n) is 3.25. The van der Waals surface area contributed by atoms with Crippen molar-refractivity contribution in [3.8, 4) is 0 Å². The SMILES string of the molecule is O=C(O)Cn1ccc(NC(=O)C2[C@H]3CCCC[C@H]23)n1. The molecule has 2 aliphatic carbocycles. The Bertz CT molecular complexity index is 499. The van der Waals surface area contributed by atoms with E-state index in [2.05, 4.69) is 10.4 Å². The minimum Gasteiger partial charge on any atom is -0.480 e. The van der Waals surface area contributed by atoms with E-state index < -0.39 is 5.97 Å². The van der Waals surface area contributed by atoms with Gasteiger partial charge in [-0.25, -0.2) is 0 Å². The molecule has 6 nitrogen and oxygen atoms in total. The van der Waals surface area contributed by atoms with Gasteiger partial charge in [0.2, 0.25) is 5.91 Å². The summed E-state index contributed by atoms with van der Waals surface area (Å²) in [6, 6.07) is 1.63. The van der Waals surface area contributed by atoms with Crippen LogP contribution in [0.25, 0.3) is 0 Å². The minimum absolute atomic E-state index is 0.0393. The van der Waals surface area contributed by atoms with E-state index in [-0.39, 0.29) is 18.4 Å². The van der Waals surface area contributed by atoms with Gasteiger partial charge < -0.3 is 10.4 Å². The number of fused-ring (bicyclic) bond motifs is 1. The zero-order valence-electron chi connectivity index (χ0n) is 10.6. The molecule has 19 heavy (non-hydrogen) atoms. The maximum absolute atomic E-state index is 12.1. The van der Waals surface area contributed by atoms with Crippen molar-refractivity contribution in [1.29, 1.82) is 0 Å². The van der Waals surface area contributed by atoms with Crippen molar-refractivity contribution < 1.29 is 14.7 Å². The van der Waals surface area contributed by atoms with Crippen molar-refractivity contribution in [2.24, 2.45) is 17.8 Å². The van der Waals surface area contributed by atoms with Crippen molar-refractivity contribution in [3.05, 3.63) is 12.3 Å². The quantitative estimate of drug-likeness (QED) is 0.858. The lowest BCUT2D eigenvalue weighted by atomic mass is 10.0. The fourth-order valence-corrected chi connectivity index (χ4v) is 3.25. The molecule has 0 bridgehead atoms. The smallest absolute Gasteiger partial charge is 0.325 e. The molecule has 2 aliphatic rings. The first kappa shape index (κ1) is 12.2. The first-order valence-corrected chi connectivity index (χ1v) is 6.71. The highest BCUT2D eigenvalue weighted by atomic mass is 16.4. The van der Waals surface area contributed by atoms with Crippen LogP contribution < -0.4 is 5.32 Å². The van der Waals surface area contributed by atoms with Crippen LogP contribution in [0.3, 0.4) is 0 Å². The van der Waals surface area contributed by atoms with Gasteiger partial charge in [0.25, 0.3) is 0 Å². The maximum atomic E-state index is 12.1. The largest absolute Gasteiger partial charge is 0.480 e. The molecule has 1 heterocycles. The summed E-state index contributed by atoms with van der Waals surface area (Å²) in [5, 5.41) is 15.5. The Balaban J connectivity index is 1.58. The van der Waals surface area contributed by atoms with Crippen LogP contribution in [0.15, 0.2) is 12.3 Å². The van der Waals surface area contributed by atoms with E-state index in [1.54, 1.807) is 12.3 Å². The molecular weight excluding hydrogens is 246 g/mol. The van der Waals surface area contributed by atoms with Crippen LogP contribution in [0, 0.1) is 17.8 Å². The molecule has 0 saturated heterocycles. The van der Waals surface area contributed by atoms with Gasteiger partial charge in [-0.1, -0.05) is 12.8 Å². The number of aliphatic carboxylic acids is 1. The lowest BCUT2D eigenvalue weighted by Gasteiger charge is -2.04. The standard InChI is InChI=1S/C13H17N3O3/c17-11(18)7-16-6-5-10(15-16)14-13(19)12-8-3-1-2-4-9(8)12/h5-6,8-9,12H,1-4,7H2,(H,17,18)(H,14,15,19)/t8-,9-/m0/s1. The monoisotopic (exact) mass is 263 g/mol. The fraction of sp³-hybridized carbons (Fsp3) is 0.615. The summed E-state index contributed by atoms with van der Waals surface area (Å²) in [4.78, 5) is 22.6. The molecule has 102 valence electrons. The zero-order valence-corrected chi connectivity index (χ0v) is 10.6. The van der Waals surface area contributed by atoms with Gasteiger partial charge in [-0.05, 0) is 24.7 Å². The van der Waals surface area contributed by atoms with E-state index in [0.29, 0.717) is 17.7 Å². The highest BCUT2D eigenvalue weighted by molar-refractivity contribution is 5.94. The lowest BCUT2D eigenvalue weighted by Crippen LogP contribution is -2.16. The molecule has 0 aliphatic heterocycles. The third-order valence-corrected chi connectivity index (χ3v) is 4.15. The summed E-state index contributed by atoms with van der Waals surface area (Å²) in [5.41, 5.74) is 0. The van der Waals surface area contributed by atoms with Gasteiger partial charge in [0.1, 0.15) is 6.54 Å². The van der Waals surface area contributed by atoms with E-state index in [1.165, 1.54) is 17.5 Å². The number of hydrogen-bond donors (Lipinski definition) is 2. The summed E-state index contributed by atoms with van der Waals surface area (Å²) in [5.74, 6) is 0.804. The van der Waals surface area contributed by atoms with Crippen LogP contribution in [0.4, 0.5) is 5.82 Å². The normalized spacial score (nSPS) is 28.5. The van der Waals surface area contributed by atoms with Crippen LogP contribution in [0.1, 0.15) is 25.7 Å². The first-order valence-electron chi connectivity index (χ1n) is 6.71. The second-order valence-corrected chi connectivity index (χ2v) is 5.42. The molecule has 0 radical (unpaired) electrons. The highest BCUT2D eigenvalue weighted by Gasteiger charge is 2.54. The van der Waals surface area contributed by atoms with Gasteiger partial charge in [0.15, 0.2) is 5.82 Å². The Morgan fingerprint density at radius 2 is 2.05 bits per heavy atom. The molecule has 0 aromatic carbocycles. The van der Waals surface area contributed by atoms with Gasteiger partial charge in [0.05, 0.1) is 0 Å². The number of carbonyl (C=O) groups excluding carboxylic acids is 1. The predicted octanol–water partition coefficient (Wildman–Crippen LogP) is 1.34. The number of carbonyl (C=O) groups is 2. The number of carboxylic acid groups (broad SMARTS) is 1. The second-order valence-electron chi connectivity index (χ2n) is 5.42. The molecule has 6 heteroatoms. The number of anilines is 1. The van der Waals surface area contributed by atoms with Crippen molar-refractivity contribution in [2.45, 2.75) is 32.2 Å². The number of amides is 1. The van der Waals surface area contributed by atoms with E-state index in [1.807, 2.05) is 0 Å². The third kappa shape index (κ3) is 2.47. The van der Waals surface area contributed by atoms with E-state index >= 15 is 0 Å². The molecule has 2 N–H and O–H groups in total. The topological polar surface area (TPSA) is 84.2 Å². The third-order valence-electron chi connectivity index (χ3n) is 4.15. The number of nitrogens with zero attached hydrogens (tertiary/aromatic N) is 2. The van der Waals surface area contributed by atoms with E-state index in [0.717, 1.165) is 12.8 Å². The Hall–Kier alpha value is -1.85. The second kappa shape index (κ2) is 4.68. The van der Waals surface area contributed by atoms with Crippen molar-refractivity contribution in [3.63, 3.8) is 0 Å². The predicted molar refractivity (Wildman–Crippen MR) is 67.4 cm³/mol. The number of carboxylic acids is 1. The molecular formula is C13H17N3O3. The number of aromatic nitrogens is 2. The number of nitrogens with one attached hydrogen (secondary N) is 1. The number of rotatable bonds is 4. The summed E-state index contributed by atoms with van der Waals surface area (Å²) in [6.07, 6.45) is 6.35. The average molecular weight is 263 g/mol. The Labute approximate surface area is 110 Å². The van der Waals surface area contributed by atoms with E-state index in [9.17, 15) is 9.59 Å². The average Bonchev–Trinajstić information content (AvgIpc) is 2.95. The molecule has 2 saturated carbocycles. The minimum atomic E-state index is -0.950. The Morgan fingerprint density at radius 1 is 1.37 bits per heavy atom. The van der Waals surface area contributed by atoms with Crippen molar-refractivity contribution in [2.75, 3.05) is 5.32 Å². The van der Waals surface area contributed by atoms with Crippen molar-refractivity contribution in [1.82, 2.24) is 9.78 Å². The van der Waals surface area contributed by atoms with Gasteiger partial charge in [-0.15, -0.1) is 0 Å². The molecule has 1 aromatic heterocycles. The van der Waals surface area contributed by atoms with Gasteiger partial charge in [-0.3, -0.25) is 14.3 Å². The molecule has 2 fully saturated rings. The summed E-state index contributed by atoms with van der Waals surface area (Å²) in [6.45, 7) is -0.190. The summed E-state index contributed by atoms with van der Waals surface area (Å²) >= 11 is 0. The van der Waals surface area contributed by atoms with Crippen LogP contribution in [-0.2, 0) is 16.1 Å². The molecule has 1 aromatic rings. The van der Waals surface area contributed by atoms with Crippen LogP contribution in [0.5, 0.6) is 0 Å². The van der Waals surface area contributed by atoms with Gasteiger partial charge >= 0.3 is 5.97 Å². The van der Waals surface area contributed by atoms with Gasteiger partial charge in [0, 0.05) is 18.2 Å². The molecule has 0 unspecified atom stereocenters. The molecule has 3 rings (SSSR count). The van der Waals surface area contributed by atoms with Crippen molar-refractivity contribution >= 4 is 17.7 Å². The van der Waals surface area contributed by atoms with Crippen LogP contribution in [-0.4, -0.2) is 26.8 Å². The number of hydrogen-bond acceptors (Lipinski definition) is 3. The zero-order chi connectivity index (χ0) is 13.4. The summed E-state index contributed by atoms with van der Waals surface area (Å²) in [7, 11) is 0. The molecule has 0 spiro atoms. The van der Waals surface area contributed by atoms with E-state index in [4.69, 9.17) is 5.11 Å². The molecule has 2 atom stereocenters. The Morgan fingerprint density at radius 3 is 2.68 bits per heavy atom. The Kier molecular flexibility index (Phi) is 3.00. The van der Waals surface area contributed by atoms with Gasteiger partial charge in [-0.2, -0.15) is 5.10 Å². The summed E-state index contributed by atoms with van der Waals surface area (Å²) < 4.78 is 1.30. The highest BCUT2D eigenvalue weighted by Crippen LogP contribution is 2.55. The van der Waals surface area contributed by atoms with Crippen LogP contribution in [0.2, 0.25) is 0 Å². The maximum Gasteiger partial charge on any atom is 0.325 e.